The van der Waals surface area contributed by atoms with Gasteiger partial charge in [-0.1, -0.05) is 0 Å². The van der Waals surface area contributed by atoms with E-state index in [4.69, 9.17) is 4.74 Å². The van der Waals surface area contributed by atoms with Crippen LogP contribution in [-0.2, 0) is 9.53 Å². The van der Waals surface area contributed by atoms with Gasteiger partial charge < -0.3 is 14.5 Å². The normalized spacial score (nSPS) is 23.7. The zero-order valence-electron chi connectivity index (χ0n) is 11.6. The highest BCUT2D eigenvalue weighted by atomic mass is 16.5. The fraction of sp³-hybridized carbons (Fsp3) is 0.643. The summed E-state index contributed by atoms with van der Waals surface area (Å²) in [7, 11) is 0. The fourth-order valence-corrected chi connectivity index (χ4v) is 2.81. The summed E-state index contributed by atoms with van der Waals surface area (Å²) in [5.74, 6) is 1.22. The first-order valence-corrected chi connectivity index (χ1v) is 7.22. The van der Waals surface area contributed by atoms with Crippen molar-refractivity contribution in [2.45, 2.75) is 12.8 Å². The smallest absolute Gasteiger partial charge is 0.228 e. The molecule has 1 atom stereocenters. The molecule has 1 amide bonds. The van der Waals surface area contributed by atoms with E-state index in [2.05, 4.69) is 14.9 Å². The first kappa shape index (κ1) is 13.3. The van der Waals surface area contributed by atoms with E-state index in [-0.39, 0.29) is 11.8 Å². The second kappa shape index (κ2) is 6.17. The Hall–Kier alpha value is -1.69. The zero-order chi connectivity index (χ0) is 13.8. The molecule has 0 saturated carbocycles. The predicted molar refractivity (Wildman–Crippen MR) is 74.4 cm³/mol. The molecule has 1 unspecified atom stereocenters. The largest absolute Gasteiger partial charge is 0.381 e. The van der Waals surface area contributed by atoms with Gasteiger partial charge in [-0.15, -0.1) is 0 Å². The Kier molecular flexibility index (Phi) is 4.11. The second-order valence-corrected chi connectivity index (χ2v) is 5.29. The van der Waals surface area contributed by atoms with E-state index in [1.165, 1.54) is 0 Å². The van der Waals surface area contributed by atoms with Crippen molar-refractivity contribution < 1.29 is 9.53 Å². The lowest BCUT2D eigenvalue weighted by atomic mass is 10.1. The molecule has 2 aliphatic rings. The Morgan fingerprint density at radius 3 is 2.95 bits per heavy atom. The summed E-state index contributed by atoms with van der Waals surface area (Å²) in [5.41, 5.74) is 0. The molecule has 3 rings (SSSR count). The lowest BCUT2D eigenvalue weighted by Gasteiger charge is -2.24. The lowest BCUT2D eigenvalue weighted by Crippen LogP contribution is -2.39. The number of carbonyl (C=O) groups excluding carboxylic acids is 1. The van der Waals surface area contributed by atoms with Crippen LogP contribution in [0.2, 0.25) is 0 Å². The highest BCUT2D eigenvalue weighted by Gasteiger charge is 2.29. The van der Waals surface area contributed by atoms with Crippen LogP contribution in [0.4, 0.5) is 5.82 Å². The summed E-state index contributed by atoms with van der Waals surface area (Å²) in [5, 5.41) is 0. The third-order valence-corrected chi connectivity index (χ3v) is 3.96. The van der Waals surface area contributed by atoms with Crippen molar-refractivity contribution in [3.63, 3.8) is 0 Å². The molecule has 20 heavy (non-hydrogen) atoms. The molecule has 1 aromatic rings. The van der Waals surface area contributed by atoms with Crippen molar-refractivity contribution in [1.82, 2.24) is 14.9 Å². The van der Waals surface area contributed by atoms with Gasteiger partial charge in [0.25, 0.3) is 0 Å². The van der Waals surface area contributed by atoms with Crippen LogP contribution in [-0.4, -0.2) is 60.2 Å². The molecule has 0 aromatic carbocycles. The first-order valence-electron chi connectivity index (χ1n) is 7.22. The minimum Gasteiger partial charge on any atom is -0.381 e. The van der Waals surface area contributed by atoms with Gasteiger partial charge >= 0.3 is 0 Å². The summed E-state index contributed by atoms with van der Waals surface area (Å²) in [6, 6.07) is 0. The van der Waals surface area contributed by atoms with Crippen molar-refractivity contribution in [3.05, 3.63) is 18.6 Å². The summed E-state index contributed by atoms with van der Waals surface area (Å²) < 4.78 is 5.31. The number of aromatic nitrogens is 2. The molecule has 0 spiro atoms. The monoisotopic (exact) mass is 276 g/mol. The first-order chi connectivity index (χ1) is 9.84. The van der Waals surface area contributed by atoms with Crippen LogP contribution in [0.1, 0.15) is 12.8 Å². The van der Waals surface area contributed by atoms with Gasteiger partial charge in [-0.05, 0) is 12.8 Å². The van der Waals surface area contributed by atoms with Gasteiger partial charge in [0, 0.05) is 45.2 Å². The molecule has 6 nitrogen and oxygen atoms in total. The number of carbonyl (C=O) groups is 1. The van der Waals surface area contributed by atoms with E-state index in [0.29, 0.717) is 6.61 Å². The minimum atomic E-state index is 0.0677. The van der Waals surface area contributed by atoms with Gasteiger partial charge in [-0.3, -0.25) is 9.78 Å². The quantitative estimate of drug-likeness (QED) is 0.789. The Labute approximate surface area is 118 Å². The van der Waals surface area contributed by atoms with E-state index >= 15 is 0 Å². The molecule has 2 saturated heterocycles. The molecule has 0 aliphatic carbocycles. The molecular weight excluding hydrogens is 256 g/mol. The van der Waals surface area contributed by atoms with Crippen molar-refractivity contribution in [2.24, 2.45) is 5.92 Å². The molecular formula is C14H20N4O2. The molecule has 2 fully saturated rings. The molecule has 0 N–H and O–H groups in total. The third-order valence-electron chi connectivity index (χ3n) is 3.96. The Balaban J connectivity index is 1.60. The summed E-state index contributed by atoms with van der Waals surface area (Å²) in [6.07, 6.45) is 7.00. The molecule has 3 heterocycles. The Morgan fingerprint density at radius 1 is 1.25 bits per heavy atom. The maximum Gasteiger partial charge on any atom is 0.228 e. The van der Waals surface area contributed by atoms with Crippen LogP contribution in [0.15, 0.2) is 18.6 Å². The number of rotatable bonds is 2. The lowest BCUT2D eigenvalue weighted by molar-refractivity contribution is -0.135. The van der Waals surface area contributed by atoms with Gasteiger partial charge in [0.05, 0.1) is 18.7 Å². The van der Waals surface area contributed by atoms with Gasteiger partial charge in [0.2, 0.25) is 5.91 Å². The van der Waals surface area contributed by atoms with E-state index < -0.39 is 0 Å². The average molecular weight is 276 g/mol. The van der Waals surface area contributed by atoms with E-state index in [9.17, 15) is 4.79 Å². The zero-order valence-corrected chi connectivity index (χ0v) is 11.6. The van der Waals surface area contributed by atoms with Crippen LogP contribution in [0.25, 0.3) is 0 Å². The standard InChI is InChI=1S/C14H20N4O2/c19-14(12-2-9-20-11-12)18-6-1-5-17(7-8-18)13-10-15-3-4-16-13/h3-4,10,12H,1-2,5-9,11H2. The van der Waals surface area contributed by atoms with Crippen LogP contribution >= 0.6 is 0 Å². The molecule has 2 aliphatic heterocycles. The minimum absolute atomic E-state index is 0.0677. The summed E-state index contributed by atoms with van der Waals surface area (Å²) >= 11 is 0. The van der Waals surface area contributed by atoms with E-state index in [1.54, 1.807) is 18.6 Å². The SMILES string of the molecule is O=C(C1CCOC1)N1CCCN(c2cnccn2)CC1. The Bertz CT molecular complexity index is 448. The number of anilines is 1. The predicted octanol–water partition coefficient (Wildman–Crippen LogP) is 0.552. The van der Waals surface area contributed by atoms with Crippen LogP contribution in [0.5, 0.6) is 0 Å². The highest BCUT2D eigenvalue weighted by Crippen LogP contribution is 2.18. The van der Waals surface area contributed by atoms with Crippen LogP contribution < -0.4 is 4.90 Å². The molecule has 108 valence electrons. The number of ether oxygens (including phenoxy) is 1. The second-order valence-electron chi connectivity index (χ2n) is 5.29. The van der Waals surface area contributed by atoms with Gasteiger partial charge in [-0.2, -0.15) is 0 Å². The van der Waals surface area contributed by atoms with Gasteiger partial charge in [-0.25, -0.2) is 4.98 Å². The summed E-state index contributed by atoms with van der Waals surface area (Å²) in [6.45, 7) is 4.62. The van der Waals surface area contributed by atoms with E-state index in [1.807, 2.05) is 4.90 Å². The van der Waals surface area contributed by atoms with Crippen LogP contribution in [0, 0.1) is 5.92 Å². The van der Waals surface area contributed by atoms with Crippen LogP contribution in [0.3, 0.4) is 0 Å². The molecule has 6 heteroatoms. The summed E-state index contributed by atoms with van der Waals surface area (Å²) in [4.78, 5) is 25.0. The molecule has 0 bridgehead atoms. The number of hydrogen-bond donors (Lipinski definition) is 0. The van der Waals surface area contributed by atoms with Gasteiger partial charge in [0.15, 0.2) is 0 Å². The number of hydrogen-bond acceptors (Lipinski definition) is 5. The highest BCUT2D eigenvalue weighted by molar-refractivity contribution is 5.79. The molecule has 0 radical (unpaired) electrons. The maximum atomic E-state index is 12.4. The average Bonchev–Trinajstić information content (AvgIpc) is 2.92. The number of amides is 1. The van der Waals surface area contributed by atoms with Crippen molar-refractivity contribution in [2.75, 3.05) is 44.3 Å². The van der Waals surface area contributed by atoms with Crippen molar-refractivity contribution >= 4 is 11.7 Å². The third kappa shape index (κ3) is 2.90. The fourth-order valence-electron chi connectivity index (χ4n) is 2.81. The topological polar surface area (TPSA) is 58.6 Å². The Morgan fingerprint density at radius 2 is 2.20 bits per heavy atom. The van der Waals surface area contributed by atoms with Gasteiger partial charge in [0.1, 0.15) is 5.82 Å². The van der Waals surface area contributed by atoms with Crippen molar-refractivity contribution in [3.8, 4) is 0 Å². The van der Waals surface area contributed by atoms with Crippen molar-refractivity contribution in [1.29, 1.82) is 0 Å². The van der Waals surface area contributed by atoms with E-state index in [0.717, 1.165) is 51.4 Å². The number of nitrogens with zero attached hydrogens (tertiary/aromatic N) is 4. The maximum absolute atomic E-state index is 12.4. The molecule has 1 aromatic heterocycles.